The van der Waals surface area contributed by atoms with Crippen LogP contribution in [0, 0.1) is 11.8 Å². The van der Waals surface area contributed by atoms with Crippen LogP contribution in [0.3, 0.4) is 0 Å². The molecule has 9 nitrogen and oxygen atoms in total. The number of carboxylic acids is 1. The van der Waals surface area contributed by atoms with E-state index in [0.29, 0.717) is 0 Å². The Morgan fingerprint density at radius 3 is 2.04 bits per heavy atom. The highest BCUT2D eigenvalue weighted by Crippen LogP contribution is 2.09. The second kappa shape index (κ2) is 10.1. The molecule has 0 bridgehead atoms. The third-order valence-corrected chi connectivity index (χ3v) is 4.28. The molecule has 0 saturated carbocycles. The van der Waals surface area contributed by atoms with Gasteiger partial charge in [-0.05, 0) is 31.2 Å². The van der Waals surface area contributed by atoms with E-state index in [-0.39, 0.29) is 23.8 Å². The zero-order valence-corrected chi connectivity index (χ0v) is 15.8. The van der Waals surface area contributed by atoms with Gasteiger partial charge in [-0.15, -0.1) is 0 Å². The van der Waals surface area contributed by atoms with Crippen molar-refractivity contribution in [1.82, 2.24) is 21.3 Å². The monoisotopic (exact) mass is 370 g/mol. The summed E-state index contributed by atoms with van der Waals surface area (Å²) in [6.07, 6.45) is 1.64. The molecule has 148 valence electrons. The van der Waals surface area contributed by atoms with Crippen LogP contribution >= 0.6 is 0 Å². The Morgan fingerprint density at radius 2 is 1.58 bits per heavy atom. The van der Waals surface area contributed by atoms with Gasteiger partial charge in [-0.2, -0.15) is 0 Å². The second-order valence-corrected chi connectivity index (χ2v) is 7.22. The molecule has 1 aliphatic rings. The molecule has 0 radical (unpaired) electrons. The van der Waals surface area contributed by atoms with Crippen LogP contribution in [0.25, 0.3) is 0 Å². The van der Waals surface area contributed by atoms with Crippen LogP contribution in [0.5, 0.6) is 0 Å². The molecular formula is C17H30N4O5. The minimum absolute atomic E-state index is 0.171. The first-order valence-corrected chi connectivity index (χ1v) is 8.97. The molecule has 1 aliphatic heterocycles. The zero-order valence-electron chi connectivity index (χ0n) is 15.8. The highest BCUT2D eigenvalue weighted by atomic mass is 16.4. The SMILES string of the molecule is CC(C)C(NC(=O)C1CCCN1)C(=O)NC(C(=O)NCC(=O)O)C(C)C. The Bertz CT molecular complexity index is 529. The molecule has 3 unspecified atom stereocenters. The van der Waals surface area contributed by atoms with E-state index < -0.39 is 36.4 Å². The molecule has 0 spiro atoms. The van der Waals surface area contributed by atoms with E-state index in [9.17, 15) is 19.2 Å². The Balaban J connectivity index is 2.74. The van der Waals surface area contributed by atoms with Gasteiger partial charge < -0.3 is 26.4 Å². The minimum atomic E-state index is -1.16. The van der Waals surface area contributed by atoms with E-state index >= 15 is 0 Å². The van der Waals surface area contributed by atoms with Gasteiger partial charge in [0.25, 0.3) is 0 Å². The molecule has 1 rings (SSSR count). The molecule has 1 saturated heterocycles. The van der Waals surface area contributed by atoms with Crippen molar-refractivity contribution in [3.63, 3.8) is 0 Å². The predicted molar refractivity (Wildman–Crippen MR) is 95.2 cm³/mol. The van der Waals surface area contributed by atoms with Gasteiger partial charge >= 0.3 is 5.97 Å². The van der Waals surface area contributed by atoms with Crippen molar-refractivity contribution < 1.29 is 24.3 Å². The lowest BCUT2D eigenvalue weighted by Crippen LogP contribution is -2.58. The highest BCUT2D eigenvalue weighted by Gasteiger charge is 2.32. The van der Waals surface area contributed by atoms with Crippen LogP contribution in [0.4, 0.5) is 0 Å². The highest BCUT2D eigenvalue weighted by molar-refractivity contribution is 5.94. The Labute approximate surface area is 153 Å². The molecule has 0 aromatic carbocycles. The first kappa shape index (κ1) is 21.9. The predicted octanol–water partition coefficient (Wildman–Crippen LogP) is -0.779. The van der Waals surface area contributed by atoms with Gasteiger partial charge in [0.05, 0.1) is 6.04 Å². The number of hydrogen-bond acceptors (Lipinski definition) is 5. The lowest BCUT2D eigenvalue weighted by Gasteiger charge is -2.27. The summed E-state index contributed by atoms with van der Waals surface area (Å²) in [6.45, 7) is 7.36. The van der Waals surface area contributed by atoms with Crippen LogP contribution in [0.2, 0.25) is 0 Å². The largest absolute Gasteiger partial charge is 0.480 e. The van der Waals surface area contributed by atoms with Gasteiger partial charge in [0.1, 0.15) is 18.6 Å². The van der Waals surface area contributed by atoms with Crippen LogP contribution < -0.4 is 21.3 Å². The van der Waals surface area contributed by atoms with Crippen molar-refractivity contribution in [2.24, 2.45) is 11.8 Å². The molecule has 1 heterocycles. The quantitative estimate of drug-likeness (QED) is 0.361. The van der Waals surface area contributed by atoms with E-state index in [1.165, 1.54) is 0 Å². The van der Waals surface area contributed by atoms with Gasteiger partial charge in [-0.25, -0.2) is 0 Å². The smallest absolute Gasteiger partial charge is 0.322 e. The van der Waals surface area contributed by atoms with Crippen LogP contribution in [-0.4, -0.2) is 60.0 Å². The Kier molecular flexibility index (Phi) is 8.50. The van der Waals surface area contributed by atoms with Crippen molar-refractivity contribution in [1.29, 1.82) is 0 Å². The molecule has 0 aliphatic carbocycles. The summed E-state index contributed by atoms with van der Waals surface area (Å²) in [5.41, 5.74) is 0. The normalized spacial score (nSPS) is 19.1. The third kappa shape index (κ3) is 6.62. The van der Waals surface area contributed by atoms with Gasteiger partial charge in [0.2, 0.25) is 17.7 Å². The fraction of sp³-hybridized carbons (Fsp3) is 0.765. The van der Waals surface area contributed by atoms with Crippen molar-refractivity contribution in [3.8, 4) is 0 Å². The van der Waals surface area contributed by atoms with E-state index in [2.05, 4.69) is 21.3 Å². The summed E-state index contributed by atoms with van der Waals surface area (Å²) in [5, 5.41) is 19.4. The third-order valence-electron chi connectivity index (χ3n) is 4.28. The first-order chi connectivity index (χ1) is 12.1. The van der Waals surface area contributed by atoms with Crippen LogP contribution in [0.1, 0.15) is 40.5 Å². The summed E-state index contributed by atoms with van der Waals surface area (Å²) in [4.78, 5) is 47.7. The van der Waals surface area contributed by atoms with E-state index in [1.54, 1.807) is 13.8 Å². The number of nitrogens with one attached hydrogen (secondary N) is 4. The van der Waals surface area contributed by atoms with Gasteiger partial charge in [0.15, 0.2) is 0 Å². The summed E-state index contributed by atoms with van der Waals surface area (Å²) < 4.78 is 0. The molecule has 5 N–H and O–H groups in total. The second-order valence-electron chi connectivity index (χ2n) is 7.22. The lowest BCUT2D eigenvalue weighted by molar-refractivity contribution is -0.139. The van der Waals surface area contributed by atoms with E-state index in [0.717, 1.165) is 19.4 Å². The molecular weight excluding hydrogens is 340 g/mol. The topological polar surface area (TPSA) is 137 Å². The van der Waals surface area contributed by atoms with Crippen molar-refractivity contribution in [2.45, 2.75) is 58.7 Å². The number of carboxylic acid groups (broad SMARTS) is 1. The maximum Gasteiger partial charge on any atom is 0.322 e. The van der Waals surface area contributed by atoms with Gasteiger partial charge in [0, 0.05) is 0 Å². The molecule has 1 fully saturated rings. The van der Waals surface area contributed by atoms with Gasteiger partial charge in [-0.1, -0.05) is 27.7 Å². The Hall–Kier alpha value is -2.16. The van der Waals surface area contributed by atoms with E-state index in [1.807, 2.05) is 13.8 Å². The van der Waals surface area contributed by atoms with Crippen molar-refractivity contribution in [3.05, 3.63) is 0 Å². The molecule has 9 heteroatoms. The number of carbonyl (C=O) groups excluding carboxylic acids is 3. The number of amides is 3. The summed E-state index contributed by atoms with van der Waals surface area (Å²) in [7, 11) is 0. The fourth-order valence-electron chi connectivity index (χ4n) is 2.75. The molecule has 0 aromatic rings. The minimum Gasteiger partial charge on any atom is -0.480 e. The van der Waals surface area contributed by atoms with Crippen LogP contribution in [0.15, 0.2) is 0 Å². The van der Waals surface area contributed by atoms with E-state index in [4.69, 9.17) is 5.11 Å². The lowest BCUT2D eigenvalue weighted by atomic mass is 9.99. The summed E-state index contributed by atoms with van der Waals surface area (Å²) >= 11 is 0. The number of aliphatic carboxylic acids is 1. The van der Waals surface area contributed by atoms with Crippen LogP contribution in [-0.2, 0) is 19.2 Å². The molecule has 3 atom stereocenters. The van der Waals surface area contributed by atoms with Crippen molar-refractivity contribution in [2.75, 3.05) is 13.1 Å². The summed E-state index contributed by atoms with van der Waals surface area (Å²) in [5.74, 6) is -2.84. The molecule has 0 aromatic heterocycles. The maximum atomic E-state index is 12.6. The Morgan fingerprint density at radius 1 is 1.00 bits per heavy atom. The standard InChI is InChI=1S/C17H30N4O5/c1-9(2)13(16(25)19-8-12(22)23)21-17(26)14(10(3)4)20-15(24)11-6-5-7-18-11/h9-11,13-14,18H,5-8H2,1-4H3,(H,19,25)(H,20,24)(H,21,26)(H,22,23). The number of hydrogen-bond donors (Lipinski definition) is 5. The summed E-state index contributed by atoms with van der Waals surface area (Å²) in [6, 6.07) is -1.97. The average molecular weight is 370 g/mol. The fourth-order valence-corrected chi connectivity index (χ4v) is 2.75. The van der Waals surface area contributed by atoms with Crippen molar-refractivity contribution >= 4 is 23.7 Å². The first-order valence-electron chi connectivity index (χ1n) is 8.97. The zero-order chi connectivity index (χ0) is 19.9. The maximum absolute atomic E-state index is 12.6. The molecule has 3 amide bonds. The van der Waals surface area contributed by atoms with Gasteiger partial charge in [-0.3, -0.25) is 19.2 Å². The average Bonchev–Trinajstić information content (AvgIpc) is 3.08. The number of rotatable bonds is 9. The number of carbonyl (C=O) groups is 4. The molecule has 26 heavy (non-hydrogen) atoms.